The summed E-state index contributed by atoms with van der Waals surface area (Å²) >= 11 is 0. The molecule has 1 amide bonds. The molecule has 1 aromatic heterocycles. The molecular formula is C28H27N3O2. The number of aromatic nitrogens is 2. The molecule has 0 atom stereocenters. The normalized spacial score (nSPS) is 11.4. The Morgan fingerprint density at radius 3 is 2.36 bits per heavy atom. The number of H-pyrrole nitrogens is 1. The van der Waals surface area contributed by atoms with Gasteiger partial charge in [0.15, 0.2) is 0 Å². The number of para-hydroxylation sites is 1. The summed E-state index contributed by atoms with van der Waals surface area (Å²) in [6, 6.07) is 25.2. The lowest BCUT2D eigenvalue weighted by atomic mass is 10.0. The first-order valence-electron chi connectivity index (χ1n) is 11.1. The van der Waals surface area contributed by atoms with Crippen LogP contribution in [0, 0.1) is 0 Å². The van der Waals surface area contributed by atoms with E-state index in [-0.39, 0.29) is 18.0 Å². The molecule has 0 saturated carbocycles. The minimum atomic E-state index is -0.205. The van der Waals surface area contributed by atoms with Gasteiger partial charge in [0.05, 0.1) is 17.4 Å². The van der Waals surface area contributed by atoms with Crippen LogP contribution in [0.1, 0.15) is 42.3 Å². The van der Waals surface area contributed by atoms with Crippen LogP contribution in [0.15, 0.2) is 89.7 Å². The highest BCUT2D eigenvalue weighted by Crippen LogP contribution is 2.16. The fourth-order valence-corrected chi connectivity index (χ4v) is 3.67. The Morgan fingerprint density at radius 1 is 0.939 bits per heavy atom. The number of amides is 1. The lowest BCUT2D eigenvalue weighted by Gasteiger charge is -2.21. The number of benzene rings is 3. The van der Waals surface area contributed by atoms with Gasteiger partial charge in [-0.2, -0.15) is 0 Å². The predicted molar refractivity (Wildman–Crippen MR) is 133 cm³/mol. The topological polar surface area (TPSA) is 66.1 Å². The zero-order valence-electron chi connectivity index (χ0n) is 18.9. The van der Waals surface area contributed by atoms with Gasteiger partial charge in [-0.3, -0.25) is 9.59 Å². The van der Waals surface area contributed by atoms with Gasteiger partial charge in [-0.1, -0.05) is 80.6 Å². The van der Waals surface area contributed by atoms with Crippen LogP contribution >= 0.6 is 0 Å². The standard InChI is InChI=1S/C28H27N3O2/c1-20(2)23-15-12-21(13-16-23)14-17-27(32)31(18-22-8-4-3-5-9-22)19-26-29-25-11-7-6-10-24(25)28(33)30-26/h3-17,20H,18-19H2,1-2H3,(H,29,30,33)/b17-14+. The van der Waals surface area contributed by atoms with E-state index in [1.54, 1.807) is 23.1 Å². The third-order valence-electron chi connectivity index (χ3n) is 5.55. The average molecular weight is 438 g/mol. The fourth-order valence-electron chi connectivity index (χ4n) is 3.67. The van der Waals surface area contributed by atoms with E-state index in [1.165, 1.54) is 5.56 Å². The van der Waals surface area contributed by atoms with E-state index in [0.717, 1.165) is 11.1 Å². The van der Waals surface area contributed by atoms with Gasteiger partial charge in [-0.25, -0.2) is 4.98 Å². The van der Waals surface area contributed by atoms with Crippen molar-refractivity contribution in [1.82, 2.24) is 14.9 Å². The first-order valence-corrected chi connectivity index (χ1v) is 11.1. The molecule has 3 aromatic carbocycles. The molecule has 166 valence electrons. The van der Waals surface area contributed by atoms with Crippen molar-refractivity contribution in [2.24, 2.45) is 0 Å². The summed E-state index contributed by atoms with van der Waals surface area (Å²) < 4.78 is 0. The van der Waals surface area contributed by atoms with E-state index in [4.69, 9.17) is 0 Å². The Kier molecular flexibility index (Phi) is 6.79. The van der Waals surface area contributed by atoms with Crippen molar-refractivity contribution in [2.75, 3.05) is 0 Å². The van der Waals surface area contributed by atoms with Crippen molar-refractivity contribution in [2.45, 2.75) is 32.9 Å². The SMILES string of the molecule is CC(C)c1ccc(/C=C/C(=O)N(Cc2ccccc2)Cc2nc3ccccc3c(=O)[nH]2)cc1. The zero-order valence-corrected chi connectivity index (χ0v) is 18.9. The molecule has 0 aliphatic rings. The van der Waals surface area contributed by atoms with Gasteiger partial charge in [-0.15, -0.1) is 0 Å². The van der Waals surface area contributed by atoms with E-state index in [2.05, 4.69) is 35.9 Å². The Bertz CT molecular complexity index is 1320. The molecule has 1 heterocycles. The Balaban J connectivity index is 1.59. The highest BCUT2D eigenvalue weighted by Gasteiger charge is 2.15. The van der Waals surface area contributed by atoms with E-state index in [0.29, 0.717) is 29.2 Å². The largest absolute Gasteiger partial charge is 0.327 e. The number of nitrogens with one attached hydrogen (secondary N) is 1. The number of nitrogens with zero attached hydrogens (tertiary/aromatic N) is 2. The van der Waals surface area contributed by atoms with Crippen molar-refractivity contribution in [1.29, 1.82) is 0 Å². The molecule has 33 heavy (non-hydrogen) atoms. The smallest absolute Gasteiger partial charge is 0.258 e. The van der Waals surface area contributed by atoms with E-state index in [1.807, 2.05) is 60.7 Å². The number of carbonyl (C=O) groups is 1. The van der Waals surface area contributed by atoms with Crippen molar-refractivity contribution in [3.63, 3.8) is 0 Å². The second-order valence-corrected chi connectivity index (χ2v) is 8.36. The maximum absolute atomic E-state index is 13.2. The maximum atomic E-state index is 13.2. The zero-order chi connectivity index (χ0) is 23.2. The maximum Gasteiger partial charge on any atom is 0.258 e. The third-order valence-corrected chi connectivity index (χ3v) is 5.55. The minimum Gasteiger partial charge on any atom is -0.327 e. The van der Waals surface area contributed by atoms with Crippen molar-refractivity contribution in [3.8, 4) is 0 Å². The number of fused-ring (bicyclic) bond motifs is 1. The summed E-state index contributed by atoms with van der Waals surface area (Å²) in [7, 11) is 0. The van der Waals surface area contributed by atoms with Gasteiger partial charge in [0.1, 0.15) is 5.82 Å². The summed E-state index contributed by atoms with van der Waals surface area (Å²) in [6.07, 6.45) is 3.40. The van der Waals surface area contributed by atoms with Crippen molar-refractivity contribution in [3.05, 3.63) is 118 Å². The van der Waals surface area contributed by atoms with E-state index in [9.17, 15) is 9.59 Å². The molecule has 0 radical (unpaired) electrons. The average Bonchev–Trinajstić information content (AvgIpc) is 2.83. The number of hydrogen-bond donors (Lipinski definition) is 1. The molecular weight excluding hydrogens is 410 g/mol. The summed E-state index contributed by atoms with van der Waals surface area (Å²) in [6.45, 7) is 4.92. The lowest BCUT2D eigenvalue weighted by Crippen LogP contribution is -2.30. The second kappa shape index (κ2) is 10.1. The van der Waals surface area contributed by atoms with Crippen LogP contribution in [-0.4, -0.2) is 20.8 Å². The highest BCUT2D eigenvalue weighted by molar-refractivity contribution is 5.91. The molecule has 0 aliphatic heterocycles. The van der Waals surface area contributed by atoms with Crippen LogP contribution in [0.2, 0.25) is 0 Å². The van der Waals surface area contributed by atoms with Crippen LogP contribution < -0.4 is 5.56 Å². The Labute approximate surface area is 193 Å². The summed E-state index contributed by atoms with van der Waals surface area (Å²) in [5, 5.41) is 0.534. The molecule has 4 aromatic rings. The van der Waals surface area contributed by atoms with Gasteiger partial charge in [0, 0.05) is 12.6 Å². The molecule has 0 fully saturated rings. The van der Waals surface area contributed by atoms with Gasteiger partial charge in [0.2, 0.25) is 5.91 Å². The molecule has 0 bridgehead atoms. The molecule has 4 rings (SSSR count). The first-order chi connectivity index (χ1) is 16.0. The Morgan fingerprint density at radius 2 is 1.64 bits per heavy atom. The van der Waals surface area contributed by atoms with Crippen LogP contribution in [0.3, 0.4) is 0 Å². The molecule has 5 heteroatoms. The van der Waals surface area contributed by atoms with Gasteiger partial charge >= 0.3 is 0 Å². The minimum absolute atomic E-state index is 0.150. The second-order valence-electron chi connectivity index (χ2n) is 8.36. The van der Waals surface area contributed by atoms with Gasteiger partial charge in [0.25, 0.3) is 5.56 Å². The number of rotatable bonds is 7. The van der Waals surface area contributed by atoms with Crippen LogP contribution in [-0.2, 0) is 17.9 Å². The molecule has 5 nitrogen and oxygen atoms in total. The molecule has 1 N–H and O–H groups in total. The van der Waals surface area contributed by atoms with Crippen LogP contribution in [0.4, 0.5) is 0 Å². The van der Waals surface area contributed by atoms with Crippen LogP contribution in [0.25, 0.3) is 17.0 Å². The molecule has 0 aliphatic carbocycles. The Hall–Kier alpha value is -3.99. The number of carbonyl (C=O) groups excluding carboxylic acids is 1. The third kappa shape index (κ3) is 5.63. The summed E-state index contributed by atoms with van der Waals surface area (Å²) in [4.78, 5) is 34.7. The molecule has 0 saturated heterocycles. The predicted octanol–water partition coefficient (Wildman–Crippen LogP) is 5.29. The molecule has 0 spiro atoms. The quantitative estimate of drug-likeness (QED) is 0.400. The first kappa shape index (κ1) is 22.2. The van der Waals surface area contributed by atoms with Crippen LogP contribution in [0.5, 0.6) is 0 Å². The summed E-state index contributed by atoms with van der Waals surface area (Å²) in [5.74, 6) is 0.767. The number of aromatic amines is 1. The molecule has 0 unspecified atom stereocenters. The number of hydrogen-bond acceptors (Lipinski definition) is 3. The van der Waals surface area contributed by atoms with E-state index >= 15 is 0 Å². The fraction of sp³-hybridized carbons (Fsp3) is 0.179. The van der Waals surface area contributed by atoms with Crippen molar-refractivity contribution < 1.29 is 4.79 Å². The van der Waals surface area contributed by atoms with Gasteiger partial charge < -0.3 is 9.88 Å². The monoisotopic (exact) mass is 437 g/mol. The highest BCUT2D eigenvalue weighted by atomic mass is 16.2. The van der Waals surface area contributed by atoms with Crippen molar-refractivity contribution >= 4 is 22.9 Å². The summed E-state index contributed by atoms with van der Waals surface area (Å²) in [5.41, 5.74) is 3.64. The van der Waals surface area contributed by atoms with Gasteiger partial charge in [-0.05, 0) is 40.8 Å². The lowest BCUT2D eigenvalue weighted by molar-refractivity contribution is -0.127. The van der Waals surface area contributed by atoms with E-state index < -0.39 is 0 Å².